The van der Waals surface area contributed by atoms with Crippen LogP contribution in [0, 0.1) is 22.7 Å². The monoisotopic (exact) mass is 890 g/mol. The summed E-state index contributed by atoms with van der Waals surface area (Å²) in [6.07, 6.45) is -9.86. The van der Waals surface area contributed by atoms with Crippen LogP contribution >= 0.6 is 0 Å². The standard InChI is InChI=1S/C55H32F6N6/c56-54(57,58)41-21-25-44(48(29-41)55(59,60)61)43-26-22-42(30-47(43)53-65-51(37-7-3-1-4-8-37)64-52(66-53)38-9-5-2-6-10-38)67-49-27-39(35-15-11-33(31-62)12-16-35)19-23-45(49)46-24-20-40(28-50(46)67)36-17-13-34(32-63)14-18-36/h1-24,26-30H,25H2,(H,64,65,66). The molecule has 0 fully saturated rings. The number of nitriles is 2. The van der Waals surface area contributed by atoms with Crippen LogP contribution in [0.1, 0.15) is 28.7 Å². The van der Waals surface area contributed by atoms with Gasteiger partial charge < -0.3 is 9.88 Å². The number of benzene rings is 7. The number of halogens is 6. The quantitative estimate of drug-likeness (QED) is 0.175. The molecule has 8 aromatic rings. The minimum absolute atomic E-state index is 0.0232. The SMILES string of the molecule is N#Cc1ccc(-c2ccc3c4ccc(-c5ccc(C#N)cc5)cc4n(-c4ccc(=C5CC=C(C(F)(F)F)C=C5C(F)(F)F)c(=C5N=C(c6ccccc6)N=C(c6ccccc6)N5)c4)c3c2)cc1. The summed E-state index contributed by atoms with van der Waals surface area (Å²) in [5.41, 5.74) is 4.49. The van der Waals surface area contributed by atoms with E-state index >= 15 is 13.2 Å². The van der Waals surface area contributed by atoms with Gasteiger partial charge in [0.2, 0.25) is 0 Å². The molecule has 0 saturated carbocycles. The van der Waals surface area contributed by atoms with Crippen molar-refractivity contribution in [1.29, 1.82) is 10.5 Å². The molecule has 67 heavy (non-hydrogen) atoms. The smallest absolute Gasteiger partial charge is 0.324 e. The maximum atomic E-state index is 15.1. The zero-order valence-corrected chi connectivity index (χ0v) is 35.0. The van der Waals surface area contributed by atoms with Crippen LogP contribution in [0.4, 0.5) is 26.3 Å². The van der Waals surface area contributed by atoms with Crippen LogP contribution in [-0.4, -0.2) is 28.6 Å². The van der Waals surface area contributed by atoms with Crippen molar-refractivity contribution in [2.75, 3.05) is 0 Å². The number of rotatable bonds is 5. The number of fused-ring (bicyclic) bond motifs is 3. The Balaban J connectivity index is 1.31. The molecule has 0 unspecified atom stereocenters. The lowest BCUT2D eigenvalue weighted by atomic mass is 9.90. The molecular formula is C55H32F6N6. The summed E-state index contributed by atoms with van der Waals surface area (Å²) in [7, 11) is 0. The van der Waals surface area contributed by atoms with Crippen LogP contribution in [0.25, 0.3) is 61.1 Å². The molecule has 2 heterocycles. The Morgan fingerprint density at radius 2 is 1.06 bits per heavy atom. The van der Waals surface area contributed by atoms with E-state index in [0.29, 0.717) is 33.8 Å². The van der Waals surface area contributed by atoms with Crippen molar-refractivity contribution in [2.24, 2.45) is 9.98 Å². The third kappa shape index (κ3) is 8.06. The number of hydrogen-bond acceptors (Lipinski definition) is 5. The predicted octanol–water partition coefficient (Wildman–Crippen LogP) is 12.0. The number of aliphatic imine (C=N–C) groups is 2. The highest BCUT2D eigenvalue weighted by molar-refractivity contribution is 6.16. The fourth-order valence-electron chi connectivity index (χ4n) is 8.57. The minimum atomic E-state index is -5.15. The van der Waals surface area contributed by atoms with Gasteiger partial charge in [-0.05, 0) is 94.1 Å². The van der Waals surface area contributed by atoms with Gasteiger partial charge in [0, 0.05) is 32.8 Å². The Labute approximate surface area is 379 Å². The largest absolute Gasteiger partial charge is 0.416 e. The second-order valence-electron chi connectivity index (χ2n) is 15.9. The van der Waals surface area contributed by atoms with Gasteiger partial charge in [0.05, 0.1) is 45.4 Å². The molecule has 0 spiro atoms. The van der Waals surface area contributed by atoms with Crippen molar-refractivity contribution in [3.8, 4) is 40.1 Å². The van der Waals surface area contributed by atoms with E-state index in [9.17, 15) is 23.7 Å². The summed E-state index contributed by atoms with van der Waals surface area (Å²) in [6.45, 7) is 0. The summed E-state index contributed by atoms with van der Waals surface area (Å²) < 4.78 is 89.4. The van der Waals surface area contributed by atoms with Crippen molar-refractivity contribution < 1.29 is 26.3 Å². The minimum Gasteiger partial charge on any atom is -0.324 e. The highest BCUT2D eigenvalue weighted by Crippen LogP contribution is 2.41. The first-order chi connectivity index (χ1) is 32.4. The molecule has 0 bridgehead atoms. The highest BCUT2D eigenvalue weighted by Gasteiger charge is 2.42. The van der Waals surface area contributed by atoms with E-state index in [1.54, 1.807) is 36.4 Å². The highest BCUT2D eigenvalue weighted by atomic mass is 19.4. The maximum Gasteiger partial charge on any atom is 0.416 e. The van der Waals surface area contributed by atoms with Crippen LogP contribution in [0.2, 0.25) is 0 Å². The number of hydrogen-bond donors (Lipinski definition) is 1. The summed E-state index contributed by atoms with van der Waals surface area (Å²) >= 11 is 0. The average molecular weight is 891 g/mol. The van der Waals surface area contributed by atoms with Gasteiger partial charge in [0.15, 0.2) is 5.84 Å². The number of allylic oxidation sites excluding steroid dienone is 4. The van der Waals surface area contributed by atoms with E-state index in [2.05, 4.69) is 17.5 Å². The molecule has 0 saturated heterocycles. The van der Waals surface area contributed by atoms with Gasteiger partial charge in [-0.15, -0.1) is 0 Å². The molecule has 0 amide bonds. The molecule has 6 nitrogen and oxygen atoms in total. The van der Waals surface area contributed by atoms with E-state index in [1.165, 1.54) is 6.07 Å². The molecule has 0 radical (unpaired) electrons. The van der Waals surface area contributed by atoms with E-state index in [-0.39, 0.29) is 33.7 Å². The normalized spacial score (nSPS) is 15.8. The fourth-order valence-corrected chi connectivity index (χ4v) is 8.57. The van der Waals surface area contributed by atoms with Crippen LogP contribution < -0.4 is 15.8 Å². The first-order valence-corrected chi connectivity index (χ1v) is 21.0. The molecule has 1 aliphatic heterocycles. The number of alkyl halides is 6. The van der Waals surface area contributed by atoms with E-state index in [0.717, 1.165) is 50.1 Å². The van der Waals surface area contributed by atoms with Gasteiger partial charge in [0.25, 0.3) is 0 Å². The number of aromatic nitrogens is 1. The second kappa shape index (κ2) is 16.7. The third-order valence-electron chi connectivity index (χ3n) is 11.8. The van der Waals surface area contributed by atoms with Gasteiger partial charge >= 0.3 is 12.4 Å². The number of amidine groups is 2. The Bertz CT molecular complexity index is 3530. The van der Waals surface area contributed by atoms with Crippen molar-refractivity contribution in [2.45, 2.75) is 18.8 Å². The molecule has 10 rings (SSSR count). The van der Waals surface area contributed by atoms with E-state index in [1.807, 2.05) is 126 Å². The number of nitrogens with one attached hydrogen (secondary N) is 1. The Hall–Kier alpha value is -8.74. The molecule has 0 atom stereocenters. The number of nitrogens with zero attached hydrogens (tertiary/aromatic N) is 5. The van der Waals surface area contributed by atoms with Crippen molar-refractivity contribution in [3.05, 3.63) is 220 Å². The Morgan fingerprint density at radius 1 is 0.522 bits per heavy atom. The predicted molar refractivity (Wildman–Crippen MR) is 249 cm³/mol. The molecule has 324 valence electrons. The summed E-state index contributed by atoms with van der Waals surface area (Å²) in [4.78, 5) is 9.79. The first kappa shape index (κ1) is 42.2. The lowest BCUT2D eigenvalue weighted by Crippen LogP contribution is -2.39. The van der Waals surface area contributed by atoms with Crippen molar-refractivity contribution in [1.82, 2.24) is 9.88 Å². The molecule has 2 aliphatic rings. The van der Waals surface area contributed by atoms with Crippen LogP contribution in [0.3, 0.4) is 0 Å². The van der Waals surface area contributed by atoms with Gasteiger partial charge in [-0.3, -0.25) is 0 Å². The van der Waals surface area contributed by atoms with Gasteiger partial charge in [-0.2, -0.15) is 36.9 Å². The zero-order chi connectivity index (χ0) is 46.5. The van der Waals surface area contributed by atoms with Gasteiger partial charge in [-0.25, -0.2) is 9.98 Å². The molecular weight excluding hydrogens is 859 g/mol. The van der Waals surface area contributed by atoms with Crippen LogP contribution in [0.5, 0.6) is 0 Å². The lowest BCUT2D eigenvalue weighted by molar-refractivity contribution is -0.0938. The molecule has 1 aliphatic carbocycles. The van der Waals surface area contributed by atoms with Crippen molar-refractivity contribution in [3.63, 3.8) is 0 Å². The summed E-state index contributed by atoms with van der Waals surface area (Å²) in [6, 6.07) is 53.7. The van der Waals surface area contributed by atoms with Gasteiger partial charge in [0.1, 0.15) is 11.7 Å². The second-order valence-corrected chi connectivity index (χ2v) is 15.9. The van der Waals surface area contributed by atoms with Crippen LogP contribution in [-0.2, 0) is 0 Å². The molecule has 12 heteroatoms. The van der Waals surface area contributed by atoms with E-state index in [4.69, 9.17) is 9.98 Å². The zero-order valence-electron chi connectivity index (χ0n) is 35.0. The fraction of sp³-hybridized carbons (Fsp3) is 0.0545. The molecule has 1 N–H and O–H groups in total. The summed E-state index contributed by atoms with van der Waals surface area (Å²) in [5, 5.41) is 24.2. The lowest BCUT2D eigenvalue weighted by Gasteiger charge is -2.22. The molecule has 7 aromatic carbocycles. The Kier molecular flexibility index (Phi) is 10.5. The van der Waals surface area contributed by atoms with E-state index < -0.39 is 29.9 Å². The first-order valence-electron chi connectivity index (χ1n) is 21.0. The Morgan fingerprint density at radius 3 is 1.58 bits per heavy atom. The third-order valence-corrected chi connectivity index (χ3v) is 11.8. The van der Waals surface area contributed by atoms with Crippen LogP contribution in [0.15, 0.2) is 197 Å². The average Bonchev–Trinajstić information content (AvgIpc) is 3.69. The van der Waals surface area contributed by atoms with Gasteiger partial charge in [-0.1, -0.05) is 121 Å². The summed E-state index contributed by atoms with van der Waals surface area (Å²) in [5.74, 6) is 0.748. The topological polar surface area (TPSA) is 89.3 Å². The maximum absolute atomic E-state index is 15.1. The molecule has 1 aromatic heterocycles. The van der Waals surface area contributed by atoms with Crippen molar-refractivity contribution >= 4 is 44.9 Å².